The van der Waals surface area contributed by atoms with E-state index >= 15 is 0 Å². The fourth-order valence-electron chi connectivity index (χ4n) is 4.24. The van der Waals surface area contributed by atoms with Crippen LogP contribution in [0.15, 0.2) is 71.8 Å². The Morgan fingerprint density at radius 3 is 2.42 bits per heavy atom. The quantitative estimate of drug-likeness (QED) is 0.455. The van der Waals surface area contributed by atoms with Crippen molar-refractivity contribution in [3.8, 4) is 11.1 Å². The van der Waals surface area contributed by atoms with E-state index in [1.165, 1.54) is 17.5 Å². The second kappa shape index (κ2) is 8.61. The summed E-state index contributed by atoms with van der Waals surface area (Å²) in [6.07, 6.45) is 3.75. The number of likely N-dealkylation sites (N-methyl/N-ethyl adjacent to an activating group) is 1. The van der Waals surface area contributed by atoms with Crippen LogP contribution in [-0.4, -0.2) is 67.4 Å². The third-order valence-electron chi connectivity index (χ3n) is 6.14. The molecule has 1 aliphatic rings. The normalized spacial score (nSPS) is 15.3. The molecule has 0 spiro atoms. The van der Waals surface area contributed by atoms with Gasteiger partial charge in [0, 0.05) is 56.3 Å². The topological polar surface area (TPSA) is 70.8 Å². The first-order valence-corrected chi connectivity index (χ1v) is 12.9. The van der Waals surface area contributed by atoms with E-state index in [0.29, 0.717) is 11.3 Å². The molecule has 4 aromatic rings. The van der Waals surface area contributed by atoms with Crippen molar-refractivity contribution in [2.24, 2.45) is 0 Å². The van der Waals surface area contributed by atoms with Crippen molar-refractivity contribution in [1.82, 2.24) is 19.5 Å². The van der Waals surface area contributed by atoms with E-state index in [9.17, 15) is 8.42 Å². The molecule has 170 valence electrons. The van der Waals surface area contributed by atoms with E-state index in [1.54, 1.807) is 16.6 Å². The lowest BCUT2D eigenvalue weighted by Gasteiger charge is -2.34. The maximum atomic E-state index is 11.8. The van der Waals surface area contributed by atoms with Gasteiger partial charge in [0.2, 0.25) is 0 Å². The molecule has 0 N–H and O–H groups in total. The Morgan fingerprint density at radius 2 is 1.70 bits per heavy atom. The number of anilines is 1. The van der Waals surface area contributed by atoms with Crippen LogP contribution in [0.4, 0.5) is 5.69 Å². The minimum Gasteiger partial charge on any atom is -0.369 e. The van der Waals surface area contributed by atoms with Gasteiger partial charge in [-0.1, -0.05) is 24.3 Å². The average Bonchev–Trinajstić information content (AvgIpc) is 3.22. The lowest BCUT2D eigenvalue weighted by Crippen LogP contribution is -2.44. The minimum atomic E-state index is -3.23. The van der Waals surface area contributed by atoms with Crippen LogP contribution in [-0.2, 0) is 16.3 Å². The minimum absolute atomic E-state index is 0.306. The number of piperazine rings is 1. The number of pyridine rings is 1. The number of sulfone groups is 1. The molecular formula is C25H27N5O2S. The van der Waals surface area contributed by atoms with Gasteiger partial charge in [0.05, 0.1) is 4.90 Å². The van der Waals surface area contributed by atoms with Gasteiger partial charge in [-0.2, -0.15) is 5.10 Å². The summed E-state index contributed by atoms with van der Waals surface area (Å²) in [4.78, 5) is 9.91. The highest BCUT2D eigenvalue weighted by Gasteiger charge is 2.16. The monoisotopic (exact) mass is 461 g/mol. The second-order valence-corrected chi connectivity index (χ2v) is 10.7. The van der Waals surface area contributed by atoms with Crippen LogP contribution in [0, 0.1) is 0 Å². The lowest BCUT2D eigenvalue weighted by molar-refractivity contribution is 0.313. The van der Waals surface area contributed by atoms with Crippen LogP contribution in [0.3, 0.4) is 0 Å². The second-order valence-electron chi connectivity index (χ2n) is 8.65. The van der Waals surface area contributed by atoms with Crippen LogP contribution in [0.2, 0.25) is 0 Å². The molecule has 1 fully saturated rings. The lowest BCUT2D eigenvalue weighted by atomic mass is 10.1. The van der Waals surface area contributed by atoms with E-state index in [1.807, 2.05) is 30.5 Å². The van der Waals surface area contributed by atoms with Crippen molar-refractivity contribution in [2.75, 3.05) is 44.4 Å². The Balaban J connectivity index is 1.41. The molecule has 0 bridgehead atoms. The van der Waals surface area contributed by atoms with Gasteiger partial charge in [0.1, 0.15) is 0 Å². The highest BCUT2D eigenvalue weighted by Crippen LogP contribution is 2.26. The Morgan fingerprint density at radius 1 is 0.939 bits per heavy atom. The molecular weight excluding hydrogens is 434 g/mol. The Hall–Kier alpha value is -3.23. The van der Waals surface area contributed by atoms with E-state index in [2.05, 4.69) is 41.1 Å². The van der Waals surface area contributed by atoms with Crippen LogP contribution in [0.5, 0.6) is 0 Å². The van der Waals surface area contributed by atoms with E-state index in [-0.39, 0.29) is 0 Å². The third-order valence-corrected chi connectivity index (χ3v) is 7.27. The van der Waals surface area contributed by atoms with Gasteiger partial charge >= 0.3 is 0 Å². The molecule has 5 rings (SSSR count). The molecule has 33 heavy (non-hydrogen) atoms. The molecule has 0 atom stereocenters. The maximum absolute atomic E-state index is 11.8. The Labute approximate surface area is 194 Å². The van der Waals surface area contributed by atoms with Crippen molar-refractivity contribution in [1.29, 1.82) is 0 Å². The van der Waals surface area contributed by atoms with E-state index < -0.39 is 9.84 Å². The highest BCUT2D eigenvalue weighted by atomic mass is 32.2. The fourth-order valence-corrected chi connectivity index (χ4v) is 4.87. The van der Waals surface area contributed by atoms with Crippen molar-refractivity contribution in [3.05, 3.63) is 78.2 Å². The van der Waals surface area contributed by atoms with Crippen molar-refractivity contribution >= 4 is 21.2 Å². The van der Waals surface area contributed by atoms with Gasteiger partial charge in [-0.3, -0.25) is 0 Å². The summed E-state index contributed by atoms with van der Waals surface area (Å²) < 4.78 is 25.3. The predicted octanol–water partition coefficient (Wildman–Crippen LogP) is 3.14. The van der Waals surface area contributed by atoms with Crippen LogP contribution in [0.1, 0.15) is 11.4 Å². The van der Waals surface area contributed by atoms with E-state index in [0.717, 1.165) is 48.8 Å². The number of rotatable bonds is 5. The molecule has 0 aliphatic carbocycles. The first-order chi connectivity index (χ1) is 15.9. The molecule has 0 saturated carbocycles. The smallest absolute Gasteiger partial charge is 0.175 e. The van der Waals surface area contributed by atoms with Gasteiger partial charge in [-0.25, -0.2) is 17.9 Å². The number of hydrogen-bond donors (Lipinski definition) is 0. The van der Waals surface area contributed by atoms with Gasteiger partial charge in [-0.05, 0) is 54.6 Å². The van der Waals surface area contributed by atoms with E-state index in [4.69, 9.17) is 10.1 Å². The van der Waals surface area contributed by atoms with Gasteiger partial charge in [0.25, 0.3) is 0 Å². The number of benzene rings is 2. The summed E-state index contributed by atoms with van der Waals surface area (Å²) in [6, 6.07) is 19.5. The van der Waals surface area contributed by atoms with Crippen molar-refractivity contribution in [2.45, 2.75) is 11.3 Å². The summed E-state index contributed by atoms with van der Waals surface area (Å²) in [5.74, 6) is 0.755. The molecule has 2 aromatic heterocycles. The summed E-state index contributed by atoms with van der Waals surface area (Å²) in [7, 11) is -1.06. The highest BCUT2D eigenvalue weighted by molar-refractivity contribution is 7.90. The van der Waals surface area contributed by atoms with Crippen LogP contribution >= 0.6 is 0 Å². The number of fused-ring (bicyclic) bond motifs is 1. The van der Waals surface area contributed by atoms with Crippen molar-refractivity contribution in [3.63, 3.8) is 0 Å². The number of hydrogen-bond acceptors (Lipinski definition) is 6. The molecule has 1 saturated heterocycles. The summed E-state index contributed by atoms with van der Waals surface area (Å²) in [5, 5.41) is 4.69. The number of nitrogens with zero attached hydrogens (tertiary/aromatic N) is 5. The SMILES string of the molecule is CN1CCN(c2cccc(Cc3nc4c(-c5ccc(S(C)(=O)=O)cc5)cccn4n3)c2)CC1. The fraction of sp³-hybridized carbons (Fsp3) is 0.280. The molecule has 0 amide bonds. The van der Waals surface area contributed by atoms with Gasteiger partial charge in [0.15, 0.2) is 21.3 Å². The molecule has 3 heterocycles. The Bertz CT molecular complexity index is 1390. The summed E-state index contributed by atoms with van der Waals surface area (Å²) in [6.45, 7) is 4.22. The zero-order valence-corrected chi connectivity index (χ0v) is 19.7. The van der Waals surface area contributed by atoms with Crippen LogP contribution < -0.4 is 4.90 Å². The standard InChI is InChI=1S/C25H27N5O2S/c1-28-13-15-29(16-14-28)21-6-3-5-19(17-21)18-24-26-25-23(7-4-12-30(25)27-24)20-8-10-22(11-9-20)33(2,31)32/h3-12,17H,13-16,18H2,1-2H3. The molecule has 2 aromatic carbocycles. The molecule has 8 heteroatoms. The zero-order chi connectivity index (χ0) is 23.0. The predicted molar refractivity (Wildman–Crippen MR) is 130 cm³/mol. The summed E-state index contributed by atoms with van der Waals surface area (Å²) in [5.41, 5.74) is 5.01. The number of aromatic nitrogens is 3. The maximum Gasteiger partial charge on any atom is 0.175 e. The first kappa shape index (κ1) is 21.6. The van der Waals surface area contributed by atoms with Gasteiger partial charge in [-0.15, -0.1) is 0 Å². The molecule has 0 radical (unpaired) electrons. The zero-order valence-electron chi connectivity index (χ0n) is 18.8. The van der Waals surface area contributed by atoms with Crippen LogP contribution in [0.25, 0.3) is 16.8 Å². The third kappa shape index (κ3) is 4.62. The molecule has 1 aliphatic heterocycles. The van der Waals surface area contributed by atoms with Crippen molar-refractivity contribution < 1.29 is 8.42 Å². The first-order valence-electron chi connectivity index (χ1n) is 11.0. The summed E-state index contributed by atoms with van der Waals surface area (Å²) >= 11 is 0. The van der Waals surface area contributed by atoms with Gasteiger partial charge < -0.3 is 9.80 Å². The molecule has 7 nitrogen and oxygen atoms in total. The Kier molecular flexibility index (Phi) is 5.64. The molecule has 0 unspecified atom stereocenters. The average molecular weight is 462 g/mol. The largest absolute Gasteiger partial charge is 0.369 e.